The van der Waals surface area contributed by atoms with Gasteiger partial charge < -0.3 is 20.9 Å². The number of halogens is 1. The number of carbonyl (C=O) groups is 1. The third kappa shape index (κ3) is 6.24. The van der Waals surface area contributed by atoms with E-state index in [0.717, 1.165) is 31.2 Å². The predicted molar refractivity (Wildman–Crippen MR) is 109 cm³/mol. The summed E-state index contributed by atoms with van der Waals surface area (Å²) in [5.41, 5.74) is 7.73. The maximum atomic E-state index is 12.2. The number of nitrogens with two attached hydrogens (primary N) is 1. The first-order valence-electron chi connectivity index (χ1n) is 9.17. The van der Waals surface area contributed by atoms with Gasteiger partial charge in [-0.1, -0.05) is 36.8 Å². The number of benzene rings is 2. The second kappa shape index (κ2) is 10.3. The van der Waals surface area contributed by atoms with Crippen molar-refractivity contribution < 1.29 is 14.6 Å². The van der Waals surface area contributed by atoms with E-state index in [-0.39, 0.29) is 36.9 Å². The van der Waals surface area contributed by atoms with Crippen LogP contribution in [0.1, 0.15) is 43.7 Å². The summed E-state index contributed by atoms with van der Waals surface area (Å²) in [7, 11) is 0. The Labute approximate surface area is 166 Å². The fourth-order valence-corrected chi connectivity index (χ4v) is 3.24. The van der Waals surface area contributed by atoms with Gasteiger partial charge in [0.05, 0.1) is 6.10 Å². The van der Waals surface area contributed by atoms with Crippen molar-refractivity contribution in [1.29, 1.82) is 0 Å². The van der Waals surface area contributed by atoms with E-state index < -0.39 is 6.10 Å². The van der Waals surface area contributed by atoms with Crippen molar-refractivity contribution in [2.24, 2.45) is 5.73 Å². The van der Waals surface area contributed by atoms with Crippen LogP contribution in [0.5, 0.6) is 5.75 Å². The standard InChI is InChI=1S/C21H26N2O3.ClH/c22-18(15-6-2-1-3-7-15)14-21(25)23-16-10-12-17(13-11-16)26-20-9-5-4-8-19(20)24;/h1-3,6-7,10-13,18-20,24H,4-5,8-9,14,22H2,(H,23,25);1H. The van der Waals surface area contributed by atoms with E-state index in [1.807, 2.05) is 42.5 Å². The number of aliphatic hydroxyl groups excluding tert-OH is 1. The molecule has 2 aromatic carbocycles. The van der Waals surface area contributed by atoms with Crippen LogP contribution in [0, 0.1) is 0 Å². The zero-order valence-electron chi connectivity index (χ0n) is 15.2. The molecule has 0 spiro atoms. The average Bonchev–Trinajstić information content (AvgIpc) is 2.66. The van der Waals surface area contributed by atoms with Gasteiger partial charge in [-0.15, -0.1) is 12.4 Å². The highest BCUT2D eigenvalue weighted by Crippen LogP contribution is 2.25. The van der Waals surface area contributed by atoms with Crippen LogP contribution in [0.2, 0.25) is 0 Å². The monoisotopic (exact) mass is 390 g/mol. The van der Waals surface area contributed by atoms with Crippen molar-refractivity contribution in [1.82, 2.24) is 0 Å². The molecule has 4 N–H and O–H groups in total. The maximum absolute atomic E-state index is 12.2. The van der Waals surface area contributed by atoms with Crippen LogP contribution in [-0.4, -0.2) is 23.2 Å². The lowest BCUT2D eigenvalue weighted by molar-refractivity contribution is -0.116. The number of rotatable bonds is 6. The van der Waals surface area contributed by atoms with Crippen LogP contribution in [-0.2, 0) is 4.79 Å². The molecule has 27 heavy (non-hydrogen) atoms. The molecule has 3 atom stereocenters. The first-order valence-corrected chi connectivity index (χ1v) is 9.17. The summed E-state index contributed by atoms with van der Waals surface area (Å²) >= 11 is 0. The zero-order valence-corrected chi connectivity index (χ0v) is 16.0. The van der Waals surface area contributed by atoms with E-state index in [1.165, 1.54) is 0 Å². The smallest absolute Gasteiger partial charge is 0.226 e. The molecule has 0 bridgehead atoms. The number of amides is 1. The lowest BCUT2D eigenvalue weighted by Gasteiger charge is -2.28. The van der Waals surface area contributed by atoms with E-state index in [9.17, 15) is 9.90 Å². The molecule has 1 aliphatic carbocycles. The second-order valence-corrected chi connectivity index (χ2v) is 6.80. The largest absolute Gasteiger partial charge is 0.488 e. The number of anilines is 1. The van der Waals surface area contributed by atoms with E-state index in [4.69, 9.17) is 10.5 Å². The van der Waals surface area contributed by atoms with Crippen LogP contribution < -0.4 is 15.8 Å². The summed E-state index contributed by atoms with van der Waals surface area (Å²) in [4.78, 5) is 12.2. The Morgan fingerprint density at radius 2 is 1.78 bits per heavy atom. The van der Waals surface area contributed by atoms with Gasteiger partial charge in [0.2, 0.25) is 5.91 Å². The quantitative estimate of drug-likeness (QED) is 0.700. The first-order chi connectivity index (χ1) is 12.6. The summed E-state index contributed by atoms with van der Waals surface area (Å²) in [6, 6.07) is 16.5. The Balaban J connectivity index is 0.00000261. The number of ether oxygens (including phenoxy) is 1. The zero-order chi connectivity index (χ0) is 18.4. The van der Waals surface area contributed by atoms with E-state index in [2.05, 4.69) is 5.32 Å². The van der Waals surface area contributed by atoms with Gasteiger partial charge in [-0.3, -0.25) is 4.79 Å². The van der Waals surface area contributed by atoms with Gasteiger partial charge in [0, 0.05) is 18.2 Å². The topological polar surface area (TPSA) is 84.6 Å². The molecular weight excluding hydrogens is 364 g/mol. The third-order valence-corrected chi connectivity index (χ3v) is 4.73. The third-order valence-electron chi connectivity index (χ3n) is 4.73. The Morgan fingerprint density at radius 1 is 1.11 bits per heavy atom. The number of aliphatic hydroxyl groups is 1. The lowest BCUT2D eigenvalue weighted by Crippen LogP contribution is -2.34. The Kier molecular flexibility index (Phi) is 8.10. The van der Waals surface area contributed by atoms with Crippen LogP contribution in [0.25, 0.3) is 0 Å². The predicted octanol–water partition coefficient (Wildman–Crippen LogP) is 3.82. The molecule has 146 valence electrons. The number of nitrogens with one attached hydrogen (secondary N) is 1. The van der Waals surface area contributed by atoms with Crippen LogP contribution in [0.3, 0.4) is 0 Å². The van der Waals surface area contributed by atoms with E-state index in [1.54, 1.807) is 12.1 Å². The minimum Gasteiger partial charge on any atom is -0.488 e. The van der Waals surface area contributed by atoms with Crippen LogP contribution in [0.15, 0.2) is 54.6 Å². The molecule has 0 aliphatic heterocycles. The molecule has 3 unspecified atom stereocenters. The highest BCUT2D eigenvalue weighted by Gasteiger charge is 2.24. The minimum atomic E-state index is -0.400. The fraction of sp³-hybridized carbons (Fsp3) is 0.381. The molecule has 1 fully saturated rings. The Morgan fingerprint density at radius 3 is 2.44 bits per heavy atom. The van der Waals surface area contributed by atoms with Crippen molar-refractivity contribution in [2.75, 3.05) is 5.32 Å². The van der Waals surface area contributed by atoms with Gasteiger partial charge in [-0.25, -0.2) is 0 Å². The van der Waals surface area contributed by atoms with E-state index >= 15 is 0 Å². The molecule has 1 aliphatic rings. The molecule has 0 radical (unpaired) electrons. The lowest BCUT2D eigenvalue weighted by atomic mass is 9.95. The first kappa shape index (κ1) is 21.2. The molecule has 0 aromatic heterocycles. The van der Waals surface area contributed by atoms with Gasteiger partial charge in [0.25, 0.3) is 0 Å². The van der Waals surface area contributed by atoms with Crippen LogP contribution in [0.4, 0.5) is 5.69 Å². The van der Waals surface area contributed by atoms with Crippen molar-refractivity contribution in [2.45, 2.75) is 50.4 Å². The normalized spacial score (nSPS) is 20.2. The van der Waals surface area contributed by atoms with Crippen molar-refractivity contribution >= 4 is 24.0 Å². The molecule has 0 heterocycles. The maximum Gasteiger partial charge on any atom is 0.226 e. The molecule has 3 rings (SSSR count). The number of hydrogen-bond acceptors (Lipinski definition) is 4. The molecular formula is C21H27ClN2O3. The van der Waals surface area contributed by atoms with Gasteiger partial charge in [-0.2, -0.15) is 0 Å². The average molecular weight is 391 g/mol. The number of hydrogen-bond donors (Lipinski definition) is 3. The molecule has 2 aromatic rings. The highest BCUT2D eigenvalue weighted by atomic mass is 35.5. The molecule has 5 nitrogen and oxygen atoms in total. The van der Waals surface area contributed by atoms with Gasteiger partial charge >= 0.3 is 0 Å². The van der Waals surface area contributed by atoms with Crippen LogP contribution >= 0.6 is 12.4 Å². The summed E-state index contributed by atoms with van der Waals surface area (Å²) in [6.07, 6.45) is 3.47. The molecule has 6 heteroatoms. The highest BCUT2D eigenvalue weighted by molar-refractivity contribution is 5.91. The van der Waals surface area contributed by atoms with Crippen molar-refractivity contribution in [3.63, 3.8) is 0 Å². The van der Waals surface area contributed by atoms with Gasteiger partial charge in [0.1, 0.15) is 11.9 Å². The van der Waals surface area contributed by atoms with E-state index in [0.29, 0.717) is 11.4 Å². The summed E-state index contributed by atoms with van der Waals surface area (Å²) in [6.45, 7) is 0. The van der Waals surface area contributed by atoms with Gasteiger partial charge in [-0.05, 0) is 49.1 Å². The molecule has 0 saturated heterocycles. The van der Waals surface area contributed by atoms with Crippen molar-refractivity contribution in [3.05, 3.63) is 60.2 Å². The Bertz CT molecular complexity index is 709. The molecule has 1 saturated carbocycles. The Hall–Kier alpha value is -2.08. The summed E-state index contributed by atoms with van der Waals surface area (Å²) in [5.74, 6) is 0.577. The number of carbonyl (C=O) groups excluding carboxylic acids is 1. The summed E-state index contributed by atoms with van der Waals surface area (Å²) in [5, 5.41) is 12.8. The van der Waals surface area contributed by atoms with Crippen molar-refractivity contribution in [3.8, 4) is 5.75 Å². The molecule has 1 amide bonds. The SMILES string of the molecule is Cl.NC(CC(=O)Nc1ccc(OC2CCCCC2O)cc1)c1ccccc1. The minimum absolute atomic E-state index is 0. The van der Waals surface area contributed by atoms with Gasteiger partial charge in [0.15, 0.2) is 0 Å². The second-order valence-electron chi connectivity index (χ2n) is 6.80. The summed E-state index contributed by atoms with van der Waals surface area (Å²) < 4.78 is 5.87. The fourth-order valence-electron chi connectivity index (χ4n) is 3.24.